The van der Waals surface area contributed by atoms with Crippen molar-refractivity contribution in [1.82, 2.24) is 14.7 Å². The van der Waals surface area contributed by atoms with Gasteiger partial charge in [-0.25, -0.2) is 4.79 Å². The van der Waals surface area contributed by atoms with Gasteiger partial charge < -0.3 is 28.6 Å². The number of amides is 1. The number of Topliss-reactive ketones (excluding diaryl/α,β-unsaturated/α-hetero) is 1. The highest BCUT2D eigenvalue weighted by molar-refractivity contribution is 5.97. The highest BCUT2D eigenvalue weighted by atomic mass is 16.7. The number of carbonyl (C=O) groups is 3. The van der Waals surface area contributed by atoms with E-state index in [1.54, 1.807) is 11.0 Å². The minimum atomic E-state index is -1.05. The Hall–Kier alpha value is -2.05. The molecule has 256 valence electrons. The highest BCUT2D eigenvalue weighted by Crippen LogP contribution is 2.43. The molecule has 4 aliphatic heterocycles. The molecular weight excluding hydrogens is 578 g/mol. The van der Waals surface area contributed by atoms with Crippen LogP contribution in [0.1, 0.15) is 81.1 Å². The quantitative estimate of drug-likeness (QED) is 0.229. The van der Waals surface area contributed by atoms with Gasteiger partial charge in [0.25, 0.3) is 0 Å². The number of nitrogens with zero attached hydrogens (tertiary/aromatic N) is 3. The highest BCUT2D eigenvalue weighted by Gasteiger charge is 2.62. The van der Waals surface area contributed by atoms with Crippen molar-refractivity contribution in [3.05, 3.63) is 12.7 Å². The molecule has 0 aliphatic carbocycles. The summed E-state index contributed by atoms with van der Waals surface area (Å²) < 4.78 is 31.7. The van der Waals surface area contributed by atoms with Crippen LogP contribution >= 0.6 is 0 Å². The number of carbonyl (C=O) groups excluding carboxylic acids is 3. The number of hydrogen-bond acceptors (Lipinski definition) is 10. The van der Waals surface area contributed by atoms with E-state index < -0.39 is 54.1 Å². The van der Waals surface area contributed by atoms with Crippen LogP contribution in [-0.2, 0) is 33.3 Å². The predicted molar refractivity (Wildman–Crippen MR) is 169 cm³/mol. The van der Waals surface area contributed by atoms with E-state index in [1.807, 2.05) is 34.6 Å². The number of hydrogen-bond donors (Lipinski definition) is 0. The zero-order valence-corrected chi connectivity index (χ0v) is 29.1. The van der Waals surface area contributed by atoms with Gasteiger partial charge in [-0.1, -0.05) is 33.8 Å². The SMILES string of the molecule is C=CCO[C@]1(C)C[C@@H](C)CN2CN3C(=O)O[C@](C)([C@@H](CC)OC(=O)CC(=O)[C@H](C)C1O[C@@H]1OC(C)CC(N(C)C)C1C)[C@H]3[C@H]2C. The van der Waals surface area contributed by atoms with E-state index in [0.29, 0.717) is 26.1 Å². The van der Waals surface area contributed by atoms with Gasteiger partial charge in [0.15, 0.2) is 11.9 Å². The van der Waals surface area contributed by atoms with Crippen LogP contribution in [0.4, 0.5) is 4.79 Å². The van der Waals surface area contributed by atoms with E-state index in [9.17, 15) is 14.4 Å². The Morgan fingerprint density at radius 2 is 1.80 bits per heavy atom. The van der Waals surface area contributed by atoms with E-state index in [1.165, 1.54) is 0 Å². The van der Waals surface area contributed by atoms with Gasteiger partial charge in [0, 0.05) is 30.5 Å². The second-order valence-corrected chi connectivity index (χ2v) is 14.7. The summed E-state index contributed by atoms with van der Waals surface area (Å²) in [6.45, 7) is 21.2. The van der Waals surface area contributed by atoms with Gasteiger partial charge in [0.05, 0.1) is 37.1 Å². The summed E-state index contributed by atoms with van der Waals surface area (Å²) in [4.78, 5) is 46.7. The van der Waals surface area contributed by atoms with Crippen LogP contribution in [-0.4, -0.2) is 120 Å². The van der Waals surface area contributed by atoms with Crippen LogP contribution in [0.15, 0.2) is 12.7 Å². The number of fused-ring (bicyclic) bond motifs is 1. The molecule has 4 heterocycles. The lowest BCUT2D eigenvalue weighted by atomic mass is 9.79. The molecule has 0 aromatic carbocycles. The molecule has 4 rings (SSSR count). The number of ether oxygens (including phenoxy) is 5. The molecule has 13 atom stereocenters. The first kappa shape index (κ1) is 35.8. The standard InChI is InChI=1S/C34H57N3O8/c1-12-14-41-33(8)17-20(3)18-36-19-37-29(24(36)7)34(9,45-32(37)40)27(13-2)43-28(39)16-26(38)23(6)30(33)44-31-22(5)25(35(10)11)15-21(4)42-31/h12,20-25,27,29-31H,1,13-19H2,2-11H3/t20-,21?,22?,23+,24-,25?,27-,29-,30?,31+,33-,34-/m1/s1. The van der Waals surface area contributed by atoms with Crippen LogP contribution in [0.5, 0.6) is 0 Å². The lowest BCUT2D eigenvalue weighted by molar-refractivity contribution is -0.282. The van der Waals surface area contributed by atoms with Crippen molar-refractivity contribution in [3.63, 3.8) is 0 Å². The predicted octanol–water partition coefficient (Wildman–Crippen LogP) is 4.23. The maximum Gasteiger partial charge on any atom is 0.412 e. The maximum absolute atomic E-state index is 13.9. The molecule has 45 heavy (non-hydrogen) atoms. The average molecular weight is 636 g/mol. The Bertz CT molecular complexity index is 1100. The molecule has 0 saturated carbocycles. The summed E-state index contributed by atoms with van der Waals surface area (Å²) in [5, 5.41) is 0. The van der Waals surface area contributed by atoms with E-state index in [-0.39, 0.29) is 48.5 Å². The molecule has 0 aromatic heterocycles. The summed E-state index contributed by atoms with van der Waals surface area (Å²) in [6.07, 6.45) is 0.699. The molecule has 11 heteroatoms. The number of rotatable bonds is 7. The summed E-state index contributed by atoms with van der Waals surface area (Å²) in [5.74, 6) is -1.53. The fourth-order valence-corrected chi connectivity index (χ4v) is 8.48. The lowest BCUT2D eigenvalue weighted by Crippen LogP contribution is -2.56. The molecule has 4 saturated heterocycles. The Morgan fingerprint density at radius 3 is 2.42 bits per heavy atom. The van der Waals surface area contributed by atoms with E-state index in [2.05, 4.69) is 51.2 Å². The molecule has 11 nitrogen and oxygen atoms in total. The smallest absolute Gasteiger partial charge is 0.412 e. The minimum Gasteiger partial charge on any atom is -0.458 e. The molecule has 2 bridgehead atoms. The average Bonchev–Trinajstić information content (AvgIpc) is 3.42. The van der Waals surface area contributed by atoms with Gasteiger partial charge in [-0.3, -0.25) is 19.4 Å². The molecule has 0 radical (unpaired) electrons. The minimum absolute atomic E-state index is 0.0247. The number of esters is 1. The van der Waals surface area contributed by atoms with Gasteiger partial charge in [-0.15, -0.1) is 6.58 Å². The summed E-state index contributed by atoms with van der Waals surface area (Å²) in [6, 6.07) is -0.116. The fraction of sp³-hybridized carbons (Fsp3) is 0.853. The molecule has 0 aromatic rings. The molecule has 5 unspecified atom stereocenters. The van der Waals surface area contributed by atoms with Crippen LogP contribution in [0.3, 0.4) is 0 Å². The largest absolute Gasteiger partial charge is 0.458 e. The first-order valence-corrected chi connectivity index (χ1v) is 16.7. The normalized spacial score (nSPS) is 44.7. The molecule has 4 aliphatic rings. The van der Waals surface area contributed by atoms with E-state index in [4.69, 9.17) is 23.7 Å². The fourth-order valence-electron chi connectivity index (χ4n) is 8.48. The van der Waals surface area contributed by atoms with Crippen LogP contribution < -0.4 is 0 Å². The van der Waals surface area contributed by atoms with Crippen molar-refractivity contribution in [1.29, 1.82) is 0 Å². The third-order valence-electron chi connectivity index (χ3n) is 10.7. The second kappa shape index (κ2) is 14.0. The second-order valence-electron chi connectivity index (χ2n) is 14.7. The molecule has 0 spiro atoms. The van der Waals surface area contributed by atoms with Crippen LogP contribution in [0, 0.1) is 17.8 Å². The van der Waals surface area contributed by atoms with Crippen LogP contribution in [0.2, 0.25) is 0 Å². The zero-order valence-electron chi connectivity index (χ0n) is 29.1. The molecular formula is C34H57N3O8. The summed E-state index contributed by atoms with van der Waals surface area (Å²) >= 11 is 0. The zero-order chi connectivity index (χ0) is 33.4. The van der Waals surface area contributed by atoms with Gasteiger partial charge >= 0.3 is 12.1 Å². The van der Waals surface area contributed by atoms with Crippen molar-refractivity contribution < 1.29 is 38.1 Å². The van der Waals surface area contributed by atoms with Crippen molar-refractivity contribution in [2.24, 2.45) is 17.8 Å². The van der Waals surface area contributed by atoms with E-state index >= 15 is 0 Å². The van der Waals surface area contributed by atoms with Gasteiger partial charge in [0.2, 0.25) is 0 Å². The van der Waals surface area contributed by atoms with E-state index in [0.717, 1.165) is 6.42 Å². The van der Waals surface area contributed by atoms with Gasteiger partial charge in [-0.05, 0) is 67.0 Å². The van der Waals surface area contributed by atoms with Crippen molar-refractivity contribution in [2.75, 3.05) is 33.9 Å². The third-order valence-corrected chi connectivity index (χ3v) is 10.7. The van der Waals surface area contributed by atoms with Crippen molar-refractivity contribution >= 4 is 17.8 Å². The van der Waals surface area contributed by atoms with Gasteiger partial charge in [0.1, 0.15) is 18.3 Å². The van der Waals surface area contributed by atoms with Gasteiger partial charge in [-0.2, -0.15) is 0 Å². The third kappa shape index (κ3) is 7.12. The number of cyclic esters (lactones) is 1. The first-order valence-electron chi connectivity index (χ1n) is 16.7. The van der Waals surface area contributed by atoms with Crippen molar-refractivity contribution in [2.45, 2.75) is 135 Å². The summed E-state index contributed by atoms with van der Waals surface area (Å²) in [7, 11) is 4.12. The Balaban J connectivity index is 1.74. The number of ketones is 1. The first-order chi connectivity index (χ1) is 21.1. The van der Waals surface area contributed by atoms with Crippen molar-refractivity contribution in [3.8, 4) is 0 Å². The lowest BCUT2D eigenvalue weighted by Gasteiger charge is -2.47. The maximum atomic E-state index is 13.9. The monoisotopic (exact) mass is 635 g/mol. The topological polar surface area (TPSA) is 107 Å². The molecule has 0 N–H and O–H groups in total. The Kier molecular flexibility index (Phi) is 11.1. The van der Waals surface area contributed by atoms with Crippen LogP contribution in [0.25, 0.3) is 0 Å². The Morgan fingerprint density at radius 1 is 1.11 bits per heavy atom. The Labute approximate surface area is 269 Å². The summed E-state index contributed by atoms with van der Waals surface area (Å²) in [5.41, 5.74) is -1.97. The molecule has 1 amide bonds. The molecule has 4 fully saturated rings.